The number of aliphatic hydroxyl groups excluding tert-OH is 1. The lowest BCUT2D eigenvalue weighted by Gasteiger charge is -2.24. The van der Waals surface area contributed by atoms with Gasteiger partial charge in [0.1, 0.15) is 6.04 Å². The average molecular weight is 218 g/mol. The summed E-state index contributed by atoms with van der Waals surface area (Å²) in [4.78, 5) is 23.5. The number of carboxylic acid groups (broad SMARTS) is 1. The molecule has 0 spiro atoms. The minimum absolute atomic E-state index is 0.00595. The number of nitrogens with zero attached hydrogens (tertiary/aromatic N) is 1. The van der Waals surface area contributed by atoms with Crippen LogP contribution >= 0.6 is 0 Å². The van der Waals surface area contributed by atoms with E-state index in [4.69, 9.17) is 10.2 Å². The number of aliphatic carboxylic acids is 1. The maximum absolute atomic E-state index is 11.4. The first-order valence-corrected chi connectivity index (χ1v) is 4.77. The fourth-order valence-electron chi connectivity index (χ4n) is 0.872. The summed E-state index contributed by atoms with van der Waals surface area (Å²) in [7, 11) is 1.58. The maximum atomic E-state index is 11.4. The molecule has 1 atom stereocenters. The van der Waals surface area contributed by atoms with E-state index in [-0.39, 0.29) is 19.1 Å². The first-order chi connectivity index (χ1) is 6.90. The first-order valence-electron chi connectivity index (χ1n) is 4.77. The van der Waals surface area contributed by atoms with Crippen molar-refractivity contribution in [1.82, 2.24) is 10.2 Å². The highest BCUT2D eigenvalue weighted by Crippen LogP contribution is 1.97. The number of amides is 2. The maximum Gasteiger partial charge on any atom is 0.326 e. The number of nitrogens with one attached hydrogen (secondary N) is 1. The van der Waals surface area contributed by atoms with Crippen LogP contribution in [0.2, 0.25) is 0 Å². The van der Waals surface area contributed by atoms with Gasteiger partial charge < -0.3 is 20.4 Å². The summed E-state index contributed by atoms with van der Waals surface area (Å²) >= 11 is 0. The Kier molecular flexibility index (Phi) is 5.69. The fraction of sp³-hybridized carbons (Fsp3) is 0.778. The molecule has 2 amide bonds. The summed E-state index contributed by atoms with van der Waals surface area (Å²) in [6.45, 7) is 3.37. The zero-order chi connectivity index (χ0) is 12.0. The van der Waals surface area contributed by atoms with Crippen LogP contribution in [0.1, 0.15) is 20.3 Å². The molecule has 0 saturated carbocycles. The van der Waals surface area contributed by atoms with Crippen molar-refractivity contribution in [2.45, 2.75) is 32.4 Å². The third-order valence-electron chi connectivity index (χ3n) is 2.11. The third-order valence-corrected chi connectivity index (χ3v) is 2.11. The molecule has 3 N–H and O–H groups in total. The number of carboxylic acids is 1. The van der Waals surface area contributed by atoms with Gasteiger partial charge in [0.05, 0.1) is 0 Å². The largest absolute Gasteiger partial charge is 0.480 e. The molecule has 0 rings (SSSR count). The number of hydrogen-bond donors (Lipinski definition) is 3. The second-order valence-corrected chi connectivity index (χ2v) is 3.56. The van der Waals surface area contributed by atoms with Gasteiger partial charge in [0.15, 0.2) is 0 Å². The highest BCUT2D eigenvalue weighted by atomic mass is 16.4. The molecule has 0 aliphatic carbocycles. The molecule has 0 aromatic rings. The standard InChI is InChI=1S/C9H18N2O4/c1-6(2)11(3)9(15)10-7(4-5-12)8(13)14/h6-7,12H,4-5H2,1-3H3,(H,10,15)(H,13,14). The summed E-state index contributed by atoms with van der Waals surface area (Å²) < 4.78 is 0. The minimum atomic E-state index is -1.14. The van der Waals surface area contributed by atoms with Gasteiger partial charge in [-0.2, -0.15) is 0 Å². The fourth-order valence-corrected chi connectivity index (χ4v) is 0.872. The van der Waals surface area contributed by atoms with E-state index in [1.165, 1.54) is 4.90 Å². The molecule has 0 bridgehead atoms. The van der Waals surface area contributed by atoms with Gasteiger partial charge in [-0.05, 0) is 13.8 Å². The van der Waals surface area contributed by atoms with Gasteiger partial charge in [-0.3, -0.25) is 0 Å². The minimum Gasteiger partial charge on any atom is -0.480 e. The molecule has 0 aromatic heterocycles. The van der Waals surface area contributed by atoms with E-state index >= 15 is 0 Å². The summed E-state index contributed by atoms with van der Waals surface area (Å²) in [6.07, 6.45) is 0.00695. The summed E-state index contributed by atoms with van der Waals surface area (Å²) in [5, 5.41) is 19.7. The predicted molar refractivity (Wildman–Crippen MR) is 54.6 cm³/mol. The lowest BCUT2D eigenvalue weighted by Crippen LogP contribution is -2.48. The van der Waals surface area contributed by atoms with Crippen LogP contribution < -0.4 is 5.32 Å². The van der Waals surface area contributed by atoms with E-state index in [1.54, 1.807) is 7.05 Å². The Balaban J connectivity index is 4.28. The van der Waals surface area contributed by atoms with Crippen LogP contribution in [0.4, 0.5) is 4.79 Å². The van der Waals surface area contributed by atoms with Crippen molar-refractivity contribution in [2.24, 2.45) is 0 Å². The van der Waals surface area contributed by atoms with E-state index < -0.39 is 18.0 Å². The van der Waals surface area contributed by atoms with Crippen LogP contribution in [-0.2, 0) is 4.79 Å². The normalized spacial score (nSPS) is 12.3. The Morgan fingerprint density at radius 1 is 1.40 bits per heavy atom. The molecule has 6 nitrogen and oxygen atoms in total. The number of aliphatic hydroxyl groups is 1. The molecule has 15 heavy (non-hydrogen) atoms. The number of rotatable bonds is 5. The first kappa shape index (κ1) is 13.7. The second-order valence-electron chi connectivity index (χ2n) is 3.56. The third kappa shape index (κ3) is 4.64. The number of urea groups is 1. The average Bonchev–Trinajstić information content (AvgIpc) is 2.15. The summed E-state index contributed by atoms with van der Waals surface area (Å²) in [5.74, 6) is -1.14. The molecular weight excluding hydrogens is 200 g/mol. The van der Waals surface area contributed by atoms with Gasteiger partial charge in [-0.1, -0.05) is 0 Å². The van der Waals surface area contributed by atoms with E-state index in [0.717, 1.165) is 0 Å². The van der Waals surface area contributed by atoms with Crippen LogP contribution in [0.15, 0.2) is 0 Å². The zero-order valence-corrected chi connectivity index (χ0v) is 9.23. The molecule has 88 valence electrons. The van der Waals surface area contributed by atoms with Crippen molar-refractivity contribution in [3.05, 3.63) is 0 Å². The van der Waals surface area contributed by atoms with E-state index in [9.17, 15) is 9.59 Å². The van der Waals surface area contributed by atoms with Crippen molar-refractivity contribution in [2.75, 3.05) is 13.7 Å². The van der Waals surface area contributed by atoms with Crippen LogP contribution in [0.3, 0.4) is 0 Å². The molecule has 0 aromatic carbocycles. The van der Waals surface area contributed by atoms with Crippen molar-refractivity contribution >= 4 is 12.0 Å². The van der Waals surface area contributed by atoms with E-state index in [0.29, 0.717) is 0 Å². The Labute approximate surface area is 88.9 Å². The van der Waals surface area contributed by atoms with Crippen LogP contribution in [0, 0.1) is 0 Å². The van der Waals surface area contributed by atoms with E-state index in [2.05, 4.69) is 5.32 Å². The highest BCUT2D eigenvalue weighted by molar-refractivity contribution is 5.82. The molecule has 1 unspecified atom stereocenters. The highest BCUT2D eigenvalue weighted by Gasteiger charge is 2.21. The summed E-state index contributed by atoms with van der Waals surface area (Å²) in [5.41, 5.74) is 0. The monoisotopic (exact) mass is 218 g/mol. The lowest BCUT2D eigenvalue weighted by atomic mass is 10.2. The van der Waals surface area contributed by atoms with Gasteiger partial charge in [0.2, 0.25) is 0 Å². The molecule has 0 radical (unpaired) electrons. The van der Waals surface area contributed by atoms with Crippen LogP contribution in [0.5, 0.6) is 0 Å². The molecule has 0 fully saturated rings. The van der Waals surface area contributed by atoms with Crippen molar-refractivity contribution in [3.63, 3.8) is 0 Å². The van der Waals surface area contributed by atoms with Gasteiger partial charge in [-0.25, -0.2) is 9.59 Å². The quantitative estimate of drug-likeness (QED) is 0.599. The number of hydrogen-bond acceptors (Lipinski definition) is 3. The van der Waals surface area contributed by atoms with Crippen molar-refractivity contribution in [1.29, 1.82) is 0 Å². The zero-order valence-electron chi connectivity index (χ0n) is 9.23. The van der Waals surface area contributed by atoms with Crippen LogP contribution in [-0.4, -0.2) is 52.9 Å². The second kappa shape index (κ2) is 6.23. The lowest BCUT2D eigenvalue weighted by molar-refractivity contribution is -0.139. The van der Waals surface area contributed by atoms with Gasteiger partial charge >= 0.3 is 12.0 Å². The Morgan fingerprint density at radius 2 is 1.93 bits per heavy atom. The number of carbonyl (C=O) groups excluding carboxylic acids is 1. The SMILES string of the molecule is CC(C)N(C)C(=O)NC(CCO)C(=O)O. The molecule has 0 saturated heterocycles. The molecule has 6 heteroatoms. The predicted octanol–water partition coefficient (Wildman–Crippen LogP) is -0.128. The number of carbonyl (C=O) groups is 2. The Bertz CT molecular complexity index is 230. The molecular formula is C9H18N2O4. The van der Waals surface area contributed by atoms with Crippen LogP contribution in [0.25, 0.3) is 0 Å². The Hall–Kier alpha value is -1.30. The molecule has 0 aliphatic rings. The summed E-state index contributed by atoms with van der Waals surface area (Å²) in [6, 6.07) is -1.50. The van der Waals surface area contributed by atoms with Gasteiger partial charge in [0, 0.05) is 26.1 Å². The molecule has 0 heterocycles. The van der Waals surface area contributed by atoms with Gasteiger partial charge in [-0.15, -0.1) is 0 Å². The molecule has 0 aliphatic heterocycles. The smallest absolute Gasteiger partial charge is 0.326 e. The van der Waals surface area contributed by atoms with Crippen molar-refractivity contribution < 1.29 is 19.8 Å². The van der Waals surface area contributed by atoms with Gasteiger partial charge in [0.25, 0.3) is 0 Å². The van der Waals surface area contributed by atoms with E-state index in [1.807, 2.05) is 13.8 Å². The topological polar surface area (TPSA) is 89.9 Å². The van der Waals surface area contributed by atoms with Crippen molar-refractivity contribution in [3.8, 4) is 0 Å². The Morgan fingerprint density at radius 3 is 2.27 bits per heavy atom.